The number of methoxy groups -OCH3 is 2. The Kier molecular flexibility index (Phi) is 12.0. The lowest BCUT2D eigenvalue weighted by Crippen LogP contribution is -2.48. The van der Waals surface area contributed by atoms with Crippen LogP contribution in [0, 0.1) is 29.6 Å². The number of hydrogen-bond donors (Lipinski definition) is 2. The Morgan fingerprint density at radius 1 is 0.633 bits per heavy atom. The van der Waals surface area contributed by atoms with Crippen LogP contribution in [0.15, 0.2) is 12.2 Å². The standard InChI is InChI=1S/C22H38N2O6/c1-12(2)16(20(26)24-18(14(5)6)22(28)30-9)11-10-15(7)19(25)23-17(13(3)4)21(27)29-8/h10-18H,1-9H3,(H,23,25)(H,24,26)/b11-10+/t15-,16-,17-,18-/m0/s1. The Balaban J connectivity index is 5.28. The van der Waals surface area contributed by atoms with E-state index in [1.54, 1.807) is 19.1 Å². The monoisotopic (exact) mass is 426 g/mol. The summed E-state index contributed by atoms with van der Waals surface area (Å²) in [6.07, 6.45) is 3.30. The molecule has 0 spiro atoms. The van der Waals surface area contributed by atoms with E-state index in [9.17, 15) is 19.2 Å². The number of ether oxygens (including phenoxy) is 2. The molecule has 0 bridgehead atoms. The van der Waals surface area contributed by atoms with Gasteiger partial charge in [-0.2, -0.15) is 0 Å². The van der Waals surface area contributed by atoms with E-state index in [0.29, 0.717) is 0 Å². The van der Waals surface area contributed by atoms with E-state index in [0.717, 1.165) is 0 Å². The molecule has 0 fully saturated rings. The van der Waals surface area contributed by atoms with E-state index in [1.807, 2.05) is 41.5 Å². The summed E-state index contributed by atoms with van der Waals surface area (Å²) in [7, 11) is 2.56. The molecule has 0 heterocycles. The molecular weight excluding hydrogens is 388 g/mol. The van der Waals surface area contributed by atoms with Crippen LogP contribution >= 0.6 is 0 Å². The van der Waals surface area contributed by atoms with Crippen LogP contribution in [0.25, 0.3) is 0 Å². The molecule has 0 unspecified atom stereocenters. The minimum Gasteiger partial charge on any atom is -0.467 e. The summed E-state index contributed by atoms with van der Waals surface area (Å²) in [5.74, 6) is -3.07. The predicted molar refractivity (Wildman–Crippen MR) is 114 cm³/mol. The summed E-state index contributed by atoms with van der Waals surface area (Å²) in [6.45, 7) is 12.7. The van der Waals surface area contributed by atoms with Crippen molar-refractivity contribution in [2.45, 2.75) is 60.5 Å². The Bertz CT molecular complexity index is 627. The highest BCUT2D eigenvalue weighted by Gasteiger charge is 2.29. The van der Waals surface area contributed by atoms with Crippen LogP contribution in [0.5, 0.6) is 0 Å². The van der Waals surface area contributed by atoms with Crippen LogP contribution in [-0.2, 0) is 28.7 Å². The first-order valence-corrected chi connectivity index (χ1v) is 10.3. The van der Waals surface area contributed by atoms with Gasteiger partial charge in [-0.05, 0) is 17.8 Å². The maximum absolute atomic E-state index is 12.8. The second-order valence-electron chi connectivity index (χ2n) is 8.45. The zero-order valence-corrected chi connectivity index (χ0v) is 19.6. The van der Waals surface area contributed by atoms with Crippen molar-refractivity contribution in [2.24, 2.45) is 29.6 Å². The van der Waals surface area contributed by atoms with Crippen molar-refractivity contribution in [2.75, 3.05) is 14.2 Å². The Morgan fingerprint density at radius 2 is 1.03 bits per heavy atom. The number of hydrogen-bond acceptors (Lipinski definition) is 6. The van der Waals surface area contributed by atoms with Crippen LogP contribution < -0.4 is 10.6 Å². The van der Waals surface area contributed by atoms with Gasteiger partial charge >= 0.3 is 11.9 Å². The van der Waals surface area contributed by atoms with Crippen LogP contribution in [0.3, 0.4) is 0 Å². The zero-order chi connectivity index (χ0) is 23.6. The first-order chi connectivity index (χ1) is 13.9. The first kappa shape index (κ1) is 27.6. The summed E-state index contributed by atoms with van der Waals surface area (Å²) in [5, 5.41) is 5.44. The summed E-state index contributed by atoms with van der Waals surface area (Å²) < 4.78 is 9.50. The molecule has 0 aliphatic heterocycles. The normalized spacial score (nSPS) is 15.6. The molecule has 0 aliphatic rings. The van der Waals surface area contributed by atoms with Crippen molar-refractivity contribution in [3.05, 3.63) is 12.2 Å². The van der Waals surface area contributed by atoms with Gasteiger partial charge in [0, 0.05) is 0 Å². The molecule has 2 N–H and O–H groups in total. The maximum atomic E-state index is 12.8. The van der Waals surface area contributed by atoms with Crippen molar-refractivity contribution in [1.29, 1.82) is 0 Å². The molecule has 0 saturated carbocycles. The molecule has 0 aromatic carbocycles. The summed E-state index contributed by atoms with van der Waals surface area (Å²) in [4.78, 5) is 49.0. The Labute approximate surface area is 180 Å². The Morgan fingerprint density at radius 3 is 1.37 bits per heavy atom. The van der Waals surface area contributed by atoms with E-state index >= 15 is 0 Å². The van der Waals surface area contributed by atoms with Gasteiger partial charge in [0.15, 0.2) is 0 Å². The van der Waals surface area contributed by atoms with Crippen molar-refractivity contribution >= 4 is 23.8 Å². The predicted octanol–water partition coefficient (Wildman–Crippen LogP) is 2.08. The first-order valence-electron chi connectivity index (χ1n) is 10.3. The minimum atomic E-state index is -0.746. The van der Waals surface area contributed by atoms with E-state index in [4.69, 9.17) is 9.47 Å². The minimum absolute atomic E-state index is 0.0551. The highest BCUT2D eigenvalue weighted by atomic mass is 16.5. The molecule has 0 aromatic heterocycles. The molecule has 8 heteroatoms. The molecule has 0 aliphatic carbocycles. The second kappa shape index (κ2) is 13.0. The van der Waals surface area contributed by atoms with Crippen LogP contribution in [-0.4, -0.2) is 50.1 Å². The van der Waals surface area contributed by atoms with E-state index in [-0.39, 0.29) is 29.6 Å². The lowest BCUT2D eigenvalue weighted by molar-refractivity contribution is -0.147. The van der Waals surface area contributed by atoms with Gasteiger partial charge in [-0.3, -0.25) is 9.59 Å². The number of rotatable bonds is 11. The number of esters is 2. The van der Waals surface area contributed by atoms with Crippen LogP contribution in [0.1, 0.15) is 48.5 Å². The molecule has 0 saturated heterocycles. The molecule has 2 amide bonds. The van der Waals surface area contributed by atoms with Gasteiger partial charge in [0.25, 0.3) is 0 Å². The Hall–Kier alpha value is -2.38. The average Bonchev–Trinajstić information content (AvgIpc) is 2.67. The molecular formula is C22H38N2O6. The third kappa shape index (κ3) is 8.55. The van der Waals surface area contributed by atoms with Gasteiger partial charge in [-0.1, -0.05) is 60.6 Å². The summed E-state index contributed by atoms with van der Waals surface area (Å²) >= 11 is 0. The third-order valence-corrected chi connectivity index (χ3v) is 4.88. The average molecular weight is 427 g/mol. The van der Waals surface area contributed by atoms with Gasteiger partial charge in [-0.15, -0.1) is 0 Å². The van der Waals surface area contributed by atoms with E-state index < -0.39 is 35.9 Å². The highest BCUT2D eigenvalue weighted by molar-refractivity contribution is 5.88. The lowest BCUT2D eigenvalue weighted by atomic mass is 9.92. The number of amides is 2. The van der Waals surface area contributed by atoms with Crippen molar-refractivity contribution in [3.63, 3.8) is 0 Å². The van der Waals surface area contributed by atoms with Gasteiger partial charge in [0.2, 0.25) is 11.8 Å². The molecule has 0 aromatic rings. The molecule has 30 heavy (non-hydrogen) atoms. The van der Waals surface area contributed by atoms with E-state index in [1.165, 1.54) is 14.2 Å². The lowest BCUT2D eigenvalue weighted by Gasteiger charge is -2.24. The largest absolute Gasteiger partial charge is 0.467 e. The van der Waals surface area contributed by atoms with Crippen LogP contribution in [0.4, 0.5) is 0 Å². The number of nitrogens with one attached hydrogen (secondary N) is 2. The molecule has 4 atom stereocenters. The summed E-state index contributed by atoms with van der Waals surface area (Å²) in [6, 6.07) is -1.49. The molecule has 8 nitrogen and oxygen atoms in total. The quantitative estimate of drug-likeness (QED) is 0.387. The molecule has 0 radical (unpaired) electrons. The van der Waals surface area contributed by atoms with Gasteiger partial charge < -0.3 is 20.1 Å². The smallest absolute Gasteiger partial charge is 0.328 e. The van der Waals surface area contributed by atoms with Gasteiger partial charge in [-0.25, -0.2) is 9.59 Å². The van der Waals surface area contributed by atoms with Gasteiger partial charge in [0.05, 0.1) is 26.1 Å². The fourth-order valence-corrected chi connectivity index (χ4v) is 2.77. The van der Waals surface area contributed by atoms with E-state index in [2.05, 4.69) is 10.6 Å². The fraction of sp³-hybridized carbons (Fsp3) is 0.727. The van der Waals surface area contributed by atoms with Crippen LogP contribution in [0.2, 0.25) is 0 Å². The van der Waals surface area contributed by atoms with Crippen molar-refractivity contribution in [1.82, 2.24) is 10.6 Å². The zero-order valence-electron chi connectivity index (χ0n) is 19.6. The SMILES string of the molecule is COC(=O)[C@@H](NC(=O)[C@@H](/C=C/[C@H](C)C(=O)N[C@H](C(=O)OC)C(C)C)C(C)C)C(C)C. The van der Waals surface area contributed by atoms with Crippen molar-refractivity contribution in [3.8, 4) is 0 Å². The third-order valence-electron chi connectivity index (χ3n) is 4.88. The number of carbonyl (C=O) groups is 4. The van der Waals surface area contributed by atoms with Crippen molar-refractivity contribution < 1.29 is 28.7 Å². The second-order valence-corrected chi connectivity index (χ2v) is 8.45. The molecule has 172 valence electrons. The fourth-order valence-electron chi connectivity index (χ4n) is 2.77. The topological polar surface area (TPSA) is 111 Å². The van der Waals surface area contributed by atoms with Gasteiger partial charge in [0.1, 0.15) is 12.1 Å². The summed E-state index contributed by atoms with van der Waals surface area (Å²) in [5.41, 5.74) is 0. The molecule has 0 rings (SSSR count). The highest BCUT2D eigenvalue weighted by Crippen LogP contribution is 2.16. The maximum Gasteiger partial charge on any atom is 0.328 e. The number of carbonyl (C=O) groups excluding carboxylic acids is 4.